The number of aromatic nitrogens is 1. The zero-order valence-corrected chi connectivity index (χ0v) is 12.6. The van der Waals surface area contributed by atoms with E-state index < -0.39 is 0 Å². The molecule has 2 aromatic rings. The summed E-state index contributed by atoms with van der Waals surface area (Å²) in [4.78, 5) is 4.14. The van der Waals surface area contributed by atoms with Crippen LogP contribution in [0, 0.1) is 13.8 Å². The summed E-state index contributed by atoms with van der Waals surface area (Å²) >= 11 is 0. The number of nitrogens with one attached hydrogen (secondary N) is 1. The molecule has 0 saturated heterocycles. The van der Waals surface area contributed by atoms with Crippen molar-refractivity contribution < 1.29 is 4.74 Å². The number of nitrogens with zero attached hydrogens (tertiary/aromatic N) is 1. The maximum atomic E-state index is 5.46. The third kappa shape index (κ3) is 2.99. The highest BCUT2D eigenvalue weighted by molar-refractivity contribution is 5.43. The van der Waals surface area contributed by atoms with Crippen LogP contribution in [0.15, 0.2) is 36.7 Å². The van der Waals surface area contributed by atoms with Crippen molar-refractivity contribution in [2.45, 2.75) is 26.8 Å². The molecule has 20 heavy (non-hydrogen) atoms. The summed E-state index contributed by atoms with van der Waals surface area (Å²) in [5.41, 5.74) is 4.97. The lowest BCUT2D eigenvalue weighted by Crippen LogP contribution is -2.23. The molecule has 3 nitrogen and oxygen atoms in total. The van der Waals surface area contributed by atoms with Gasteiger partial charge in [0.15, 0.2) is 0 Å². The molecule has 0 fully saturated rings. The van der Waals surface area contributed by atoms with Crippen LogP contribution in [0.1, 0.15) is 35.2 Å². The molecule has 1 aromatic carbocycles. The minimum Gasteiger partial charge on any atom is -0.495 e. The van der Waals surface area contributed by atoms with E-state index in [1.54, 1.807) is 13.3 Å². The highest BCUT2D eigenvalue weighted by Gasteiger charge is 2.18. The van der Waals surface area contributed by atoms with Crippen LogP contribution >= 0.6 is 0 Å². The molecule has 0 aliphatic carbocycles. The molecule has 1 N–H and O–H groups in total. The van der Waals surface area contributed by atoms with E-state index in [1.165, 1.54) is 16.7 Å². The Kier molecular flexibility index (Phi) is 4.74. The lowest BCUT2D eigenvalue weighted by atomic mass is 9.94. The van der Waals surface area contributed by atoms with Gasteiger partial charge in [0, 0.05) is 11.8 Å². The van der Waals surface area contributed by atoms with Crippen LogP contribution in [-0.4, -0.2) is 18.6 Å². The van der Waals surface area contributed by atoms with Crippen molar-refractivity contribution in [1.82, 2.24) is 10.3 Å². The van der Waals surface area contributed by atoms with Gasteiger partial charge in [0.1, 0.15) is 5.75 Å². The molecule has 1 atom stereocenters. The fourth-order valence-electron chi connectivity index (χ4n) is 2.54. The molecular formula is C17H22N2O. The summed E-state index contributed by atoms with van der Waals surface area (Å²) in [5, 5.41) is 3.54. The standard InChI is InChI=1S/C17H22N2O/c1-5-19-17(14-7-6-12(2)10-13(14)3)15-8-9-18-11-16(15)20-4/h6-11,17,19H,5H2,1-4H3. The van der Waals surface area contributed by atoms with E-state index in [2.05, 4.69) is 49.3 Å². The highest BCUT2D eigenvalue weighted by Crippen LogP contribution is 2.31. The fourth-order valence-corrected chi connectivity index (χ4v) is 2.54. The van der Waals surface area contributed by atoms with E-state index in [-0.39, 0.29) is 6.04 Å². The Hall–Kier alpha value is -1.87. The quantitative estimate of drug-likeness (QED) is 0.904. The van der Waals surface area contributed by atoms with Crippen molar-refractivity contribution in [1.29, 1.82) is 0 Å². The van der Waals surface area contributed by atoms with Gasteiger partial charge < -0.3 is 10.1 Å². The predicted molar refractivity (Wildman–Crippen MR) is 82.2 cm³/mol. The molecule has 1 aromatic heterocycles. The van der Waals surface area contributed by atoms with Gasteiger partial charge in [-0.05, 0) is 37.6 Å². The molecule has 0 saturated carbocycles. The van der Waals surface area contributed by atoms with E-state index in [0.717, 1.165) is 17.9 Å². The topological polar surface area (TPSA) is 34.2 Å². The normalized spacial score (nSPS) is 12.2. The molecular weight excluding hydrogens is 248 g/mol. The first kappa shape index (κ1) is 14.5. The van der Waals surface area contributed by atoms with Crippen LogP contribution in [0.3, 0.4) is 0 Å². The summed E-state index contributed by atoms with van der Waals surface area (Å²) in [7, 11) is 1.69. The molecule has 1 heterocycles. The largest absolute Gasteiger partial charge is 0.495 e. The second-order valence-electron chi connectivity index (χ2n) is 4.97. The summed E-state index contributed by atoms with van der Waals surface area (Å²) in [6.07, 6.45) is 3.58. The van der Waals surface area contributed by atoms with Crippen LogP contribution < -0.4 is 10.1 Å². The Morgan fingerprint density at radius 2 is 2.00 bits per heavy atom. The molecule has 106 valence electrons. The maximum Gasteiger partial charge on any atom is 0.142 e. The number of benzene rings is 1. The van der Waals surface area contributed by atoms with Crippen molar-refractivity contribution in [3.05, 3.63) is 58.9 Å². The van der Waals surface area contributed by atoms with Gasteiger partial charge in [0.05, 0.1) is 19.3 Å². The molecule has 0 amide bonds. The molecule has 0 spiro atoms. The Labute approximate surface area is 121 Å². The number of rotatable bonds is 5. The van der Waals surface area contributed by atoms with Crippen LogP contribution in [0.2, 0.25) is 0 Å². The van der Waals surface area contributed by atoms with Gasteiger partial charge in [0.25, 0.3) is 0 Å². The summed E-state index contributed by atoms with van der Waals surface area (Å²) < 4.78 is 5.46. The van der Waals surface area contributed by atoms with Gasteiger partial charge in [-0.15, -0.1) is 0 Å². The van der Waals surface area contributed by atoms with Crippen LogP contribution in [0.25, 0.3) is 0 Å². The van der Waals surface area contributed by atoms with Gasteiger partial charge >= 0.3 is 0 Å². The van der Waals surface area contributed by atoms with Crippen LogP contribution in [0.4, 0.5) is 0 Å². The van der Waals surface area contributed by atoms with Crippen molar-refractivity contribution in [3.63, 3.8) is 0 Å². The Balaban J connectivity index is 2.50. The number of pyridine rings is 1. The van der Waals surface area contributed by atoms with Gasteiger partial charge in [0.2, 0.25) is 0 Å². The number of methoxy groups -OCH3 is 1. The smallest absolute Gasteiger partial charge is 0.142 e. The predicted octanol–water partition coefficient (Wildman–Crippen LogP) is 3.41. The molecule has 0 aliphatic rings. The fraction of sp³-hybridized carbons (Fsp3) is 0.353. The second kappa shape index (κ2) is 6.53. The zero-order valence-electron chi connectivity index (χ0n) is 12.6. The second-order valence-corrected chi connectivity index (χ2v) is 4.97. The summed E-state index contributed by atoms with van der Waals surface area (Å²) in [6.45, 7) is 7.28. The van der Waals surface area contributed by atoms with Crippen LogP contribution in [-0.2, 0) is 0 Å². The molecule has 3 heteroatoms. The summed E-state index contributed by atoms with van der Waals surface area (Å²) in [5.74, 6) is 0.818. The van der Waals surface area contributed by atoms with Gasteiger partial charge in [-0.1, -0.05) is 30.7 Å². The van der Waals surface area contributed by atoms with E-state index in [9.17, 15) is 0 Å². The van der Waals surface area contributed by atoms with Crippen molar-refractivity contribution in [2.24, 2.45) is 0 Å². The minimum atomic E-state index is 0.124. The average molecular weight is 270 g/mol. The van der Waals surface area contributed by atoms with Crippen molar-refractivity contribution >= 4 is 0 Å². The Morgan fingerprint density at radius 3 is 2.65 bits per heavy atom. The number of hydrogen-bond donors (Lipinski definition) is 1. The number of hydrogen-bond acceptors (Lipinski definition) is 3. The lowest BCUT2D eigenvalue weighted by molar-refractivity contribution is 0.402. The minimum absolute atomic E-state index is 0.124. The zero-order chi connectivity index (χ0) is 14.5. The van der Waals surface area contributed by atoms with E-state index in [4.69, 9.17) is 4.74 Å². The first-order valence-electron chi connectivity index (χ1n) is 6.95. The Morgan fingerprint density at radius 1 is 1.20 bits per heavy atom. The third-order valence-electron chi connectivity index (χ3n) is 3.49. The monoisotopic (exact) mass is 270 g/mol. The number of aryl methyl sites for hydroxylation is 2. The maximum absolute atomic E-state index is 5.46. The molecule has 0 aliphatic heterocycles. The van der Waals surface area contributed by atoms with Crippen molar-refractivity contribution in [2.75, 3.05) is 13.7 Å². The van der Waals surface area contributed by atoms with Gasteiger partial charge in [-0.2, -0.15) is 0 Å². The van der Waals surface area contributed by atoms with Crippen molar-refractivity contribution in [3.8, 4) is 5.75 Å². The SMILES string of the molecule is CCNC(c1ccc(C)cc1C)c1ccncc1OC. The third-order valence-corrected chi connectivity index (χ3v) is 3.49. The lowest BCUT2D eigenvalue weighted by Gasteiger charge is -2.23. The van der Waals surface area contributed by atoms with Gasteiger partial charge in [-0.25, -0.2) is 0 Å². The molecule has 2 rings (SSSR count). The first-order chi connectivity index (χ1) is 9.67. The average Bonchev–Trinajstić information content (AvgIpc) is 2.45. The molecule has 0 radical (unpaired) electrons. The van der Waals surface area contributed by atoms with Gasteiger partial charge in [-0.3, -0.25) is 4.98 Å². The van der Waals surface area contributed by atoms with Crippen LogP contribution in [0.5, 0.6) is 5.75 Å². The molecule has 1 unspecified atom stereocenters. The molecule has 0 bridgehead atoms. The Bertz CT molecular complexity index is 581. The summed E-state index contributed by atoms with van der Waals surface area (Å²) in [6, 6.07) is 8.70. The van der Waals surface area contributed by atoms with E-state index >= 15 is 0 Å². The highest BCUT2D eigenvalue weighted by atomic mass is 16.5. The first-order valence-corrected chi connectivity index (χ1v) is 6.95. The number of ether oxygens (including phenoxy) is 1. The van der Waals surface area contributed by atoms with E-state index in [1.807, 2.05) is 12.3 Å². The van der Waals surface area contributed by atoms with E-state index in [0.29, 0.717) is 0 Å².